The molecule has 3 atom stereocenters. The second-order valence-electron chi connectivity index (χ2n) is 6.74. The maximum atomic E-state index is 12.8. The van der Waals surface area contributed by atoms with Crippen LogP contribution in [0.1, 0.15) is 44.8 Å². The van der Waals surface area contributed by atoms with Crippen molar-refractivity contribution in [1.82, 2.24) is 0 Å². The van der Waals surface area contributed by atoms with Crippen LogP contribution in [-0.4, -0.2) is 32.3 Å². The fourth-order valence-corrected chi connectivity index (χ4v) is 3.20. The van der Waals surface area contributed by atoms with Crippen LogP contribution >= 0.6 is 0 Å². The maximum absolute atomic E-state index is 12.8. The molecule has 2 rings (SSSR count). The van der Waals surface area contributed by atoms with E-state index >= 15 is 0 Å². The Balaban J connectivity index is 2.20. The molecule has 2 aromatic carbocycles. The van der Waals surface area contributed by atoms with Crippen LogP contribution in [0.3, 0.4) is 0 Å². The Labute approximate surface area is 160 Å². The minimum absolute atomic E-state index is 0.0392. The highest BCUT2D eigenvalue weighted by Gasteiger charge is 2.29. The molecule has 0 saturated heterocycles. The van der Waals surface area contributed by atoms with Gasteiger partial charge < -0.3 is 14.2 Å². The summed E-state index contributed by atoms with van der Waals surface area (Å²) in [7, 11) is 2.81. The van der Waals surface area contributed by atoms with Crippen LogP contribution in [0.4, 0.5) is 0 Å². The van der Waals surface area contributed by atoms with Gasteiger partial charge in [-0.2, -0.15) is 0 Å². The maximum Gasteiger partial charge on any atom is 0.340 e. The molecule has 27 heavy (non-hydrogen) atoms. The zero-order valence-corrected chi connectivity index (χ0v) is 16.4. The predicted octanol–water partition coefficient (Wildman–Crippen LogP) is 4.44. The monoisotopic (exact) mass is 372 g/mol. The van der Waals surface area contributed by atoms with Gasteiger partial charge in [-0.05, 0) is 34.7 Å². The molecule has 0 heterocycles. The lowest BCUT2D eigenvalue weighted by atomic mass is 9.96. The van der Waals surface area contributed by atoms with E-state index in [0.29, 0.717) is 0 Å². The smallest absolute Gasteiger partial charge is 0.340 e. The molecule has 5 heteroatoms. The van der Waals surface area contributed by atoms with Gasteiger partial charge >= 0.3 is 11.9 Å². The molecule has 0 aliphatic rings. The number of benzene rings is 2. The fraction of sp³-hybridized carbons (Fsp3) is 0.455. The summed E-state index contributed by atoms with van der Waals surface area (Å²) in [5.41, 5.74) is 0.723. The zero-order valence-electron chi connectivity index (χ0n) is 16.4. The lowest BCUT2D eigenvalue weighted by Gasteiger charge is -2.25. The SMILES string of the molecule is CCC[C@H](C)[C@H](CC(=O)OC)OC(=O)C(OC)c1ccc2ccccc2c1. The zero-order chi connectivity index (χ0) is 19.8. The molecule has 0 aliphatic carbocycles. The second kappa shape index (κ2) is 10.1. The van der Waals surface area contributed by atoms with Crippen LogP contribution in [0.15, 0.2) is 42.5 Å². The molecular weight excluding hydrogens is 344 g/mol. The summed E-state index contributed by atoms with van der Waals surface area (Å²) >= 11 is 0. The molecule has 0 spiro atoms. The van der Waals surface area contributed by atoms with Crippen molar-refractivity contribution in [3.8, 4) is 0 Å². The summed E-state index contributed by atoms with van der Waals surface area (Å²) in [4.78, 5) is 24.5. The number of fused-ring (bicyclic) bond motifs is 1. The molecule has 0 saturated carbocycles. The van der Waals surface area contributed by atoms with Crippen LogP contribution in [0.2, 0.25) is 0 Å². The van der Waals surface area contributed by atoms with Gasteiger partial charge in [0.05, 0.1) is 13.5 Å². The van der Waals surface area contributed by atoms with Gasteiger partial charge in [-0.1, -0.05) is 56.7 Å². The number of rotatable bonds is 9. The number of methoxy groups -OCH3 is 2. The first-order valence-electron chi connectivity index (χ1n) is 9.28. The van der Waals surface area contributed by atoms with Gasteiger partial charge in [0, 0.05) is 7.11 Å². The molecule has 0 radical (unpaired) electrons. The standard InChI is InChI=1S/C22H28O5/c1-5-8-15(2)19(14-20(23)25-3)27-22(24)21(26-4)18-12-11-16-9-6-7-10-17(16)13-18/h6-7,9-13,15,19,21H,5,8,14H2,1-4H3/t15-,19-,21?/m0/s1. The van der Waals surface area contributed by atoms with Crippen molar-refractivity contribution in [3.05, 3.63) is 48.0 Å². The number of carbonyl (C=O) groups excluding carboxylic acids is 2. The summed E-state index contributed by atoms with van der Waals surface area (Å²) < 4.78 is 15.9. The third kappa shape index (κ3) is 5.54. The quantitative estimate of drug-likeness (QED) is 0.609. The van der Waals surface area contributed by atoms with E-state index in [1.165, 1.54) is 14.2 Å². The van der Waals surface area contributed by atoms with Gasteiger partial charge in [0.2, 0.25) is 0 Å². The first kappa shape index (κ1) is 20.9. The van der Waals surface area contributed by atoms with E-state index in [9.17, 15) is 9.59 Å². The molecule has 0 bridgehead atoms. The summed E-state index contributed by atoms with van der Waals surface area (Å²) in [6, 6.07) is 13.7. The number of esters is 2. The van der Waals surface area contributed by atoms with Crippen molar-refractivity contribution >= 4 is 22.7 Å². The third-order valence-electron chi connectivity index (χ3n) is 4.77. The highest BCUT2D eigenvalue weighted by atomic mass is 16.6. The van der Waals surface area contributed by atoms with E-state index in [0.717, 1.165) is 29.2 Å². The Hall–Kier alpha value is -2.40. The fourth-order valence-electron chi connectivity index (χ4n) is 3.20. The van der Waals surface area contributed by atoms with Gasteiger partial charge in [0.25, 0.3) is 0 Å². The minimum atomic E-state index is -0.844. The highest BCUT2D eigenvalue weighted by molar-refractivity contribution is 5.85. The normalized spacial score (nSPS) is 14.4. The van der Waals surface area contributed by atoms with Crippen molar-refractivity contribution in [1.29, 1.82) is 0 Å². The third-order valence-corrected chi connectivity index (χ3v) is 4.77. The summed E-state index contributed by atoms with van der Waals surface area (Å²) in [6.07, 6.45) is 0.445. The Morgan fingerprint density at radius 1 is 1.04 bits per heavy atom. The second-order valence-corrected chi connectivity index (χ2v) is 6.74. The molecule has 2 aromatic rings. The van der Waals surface area contributed by atoms with Gasteiger partial charge in [0.1, 0.15) is 6.10 Å². The lowest BCUT2D eigenvalue weighted by Crippen LogP contribution is -2.31. The summed E-state index contributed by atoms with van der Waals surface area (Å²) in [6.45, 7) is 4.03. The minimum Gasteiger partial charge on any atom is -0.469 e. The van der Waals surface area contributed by atoms with Crippen LogP contribution in [0, 0.1) is 5.92 Å². The molecule has 0 aromatic heterocycles. The molecule has 1 unspecified atom stereocenters. The van der Waals surface area contributed by atoms with Crippen LogP contribution in [0.5, 0.6) is 0 Å². The molecule has 0 aliphatic heterocycles. The average Bonchev–Trinajstić information content (AvgIpc) is 2.68. The van der Waals surface area contributed by atoms with Crippen LogP contribution in [-0.2, 0) is 23.8 Å². The first-order valence-corrected chi connectivity index (χ1v) is 9.28. The molecule has 5 nitrogen and oxygen atoms in total. The van der Waals surface area contributed by atoms with Crippen LogP contribution in [0.25, 0.3) is 10.8 Å². The van der Waals surface area contributed by atoms with Crippen LogP contribution < -0.4 is 0 Å². The van der Waals surface area contributed by atoms with Crippen molar-refractivity contribution < 1.29 is 23.8 Å². The Morgan fingerprint density at radius 2 is 1.74 bits per heavy atom. The first-order chi connectivity index (χ1) is 13.0. The molecule has 146 valence electrons. The van der Waals surface area contributed by atoms with E-state index in [4.69, 9.17) is 14.2 Å². The summed E-state index contributed by atoms with van der Waals surface area (Å²) in [5.74, 6) is -0.841. The number of carbonyl (C=O) groups is 2. The molecule has 0 fully saturated rings. The molecule has 0 amide bonds. The topological polar surface area (TPSA) is 61.8 Å². The van der Waals surface area contributed by atoms with E-state index in [1.807, 2.05) is 49.4 Å². The molecular formula is C22H28O5. The van der Waals surface area contributed by atoms with E-state index in [-0.39, 0.29) is 12.3 Å². The number of hydrogen-bond acceptors (Lipinski definition) is 5. The molecule has 0 N–H and O–H groups in total. The van der Waals surface area contributed by atoms with E-state index in [2.05, 4.69) is 6.92 Å². The largest absolute Gasteiger partial charge is 0.469 e. The summed E-state index contributed by atoms with van der Waals surface area (Å²) in [5, 5.41) is 2.11. The van der Waals surface area contributed by atoms with Crippen molar-refractivity contribution in [3.63, 3.8) is 0 Å². The highest BCUT2D eigenvalue weighted by Crippen LogP contribution is 2.26. The van der Waals surface area contributed by atoms with Gasteiger partial charge in [0.15, 0.2) is 6.10 Å². The Bertz CT molecular complexity index is 770. The van der Waals surface area contributed by atoms with Gasteiger partial charge in [-0.3, -0.25) is 4.79 Å². The number of ether oxygens (including phenoxy) is 3. The van der Waals surface area contributed by atoms with Gasteiger partial charge in [-0.25, -0.2) is 4.79 Å². The van der Waals surface area contributed by atoms with Crippen molar-refractivity contribution in [2.45, 2.75) is 45.3 Å². The number of hydrogen-bond donors (Lipinski definition) is 0. The van der Waals surface area contributed by atoms with Gasteiger partial charge in [-0.15, -0.1) is 0 Å². The van der Waals surface area contributed by atoms with E-state index in [1.54, 1.807) is 0 Å². The Morgan fingerprint density at radius 3 is 2.37 bits per heavy atom. The van der Waals surface area contributed by atoms with Crippen molar-refractivity contribution in [2.24, 2.45) is 5.92 Å². The predicted molar refractivity (Wildman–Crippen MR) is 104 cm³/mol. The lowest BCUT2D eigenvalue weighted by molar-refractivity contribution is -0.167. The Kier molecular flexibility index (Phi) is 7.80. The average molecular weight is 372 g/mol. The van der Waals surface area contributed by atoms with E-state index < -0.39 is 24.1 Å². The van der Waals surface area contributed by atoms with Crippen molar-refractivity contribution in [2.75, 3.05) is 14.2 Å².